The van der Waals surface area contributed by atoms with Crippen LogP contribution in [0.5, 0.6) is 5.88 Å². The zero-order chi connectivity index (χ0) is 22.0. The van der Waals surface area contributed by atoms with Gasteiger partial charge in [0.15, 0.2) is 0 Å². The van der Waals surface area contributed by atoms with Gasteiger partial charge < -0.3 is 20.6 Å². The number of halogens is 2. The summed E-state index contributed by atoms with van der Waals surface area (Å²) in [7, 11) is -3.07. The van der Waals surface area contributed by atoms with E-state index in [-0.39, 0.29) is 32.8 Å². The van der Waals surface area contributed by atoms with Gasteiger partial charge in [-0.2, -0.15) is 5.10 Å². The van der Waals surface area contributed by atoms with E-state index < -0.39 is 19.9 Å². The summed E-state index contributed by atoms with van der Waals surface area (Å²) < 4.78 is 46.7. The molecule has 5 N–H and O–H groups in total. The molecule has 0 amide bonds. The minimum absolute atomic E-state index is 0. The highest BCUT2D eigenvalue weighted by Crippen LogP contribution is 2.23. The monoisotopic (exact) mass is 476 g/mol. The number of hydrogen-bond donors (Lipinski definition) is 1. The molecule has 0 saturated heterocycles. The number of aromatic nitrogens is 2. The van der Waals surface area contributed by atoms with Crippen LogP contribution in [0.2, 0.25) is 0 Å². The summed E-state index contributed by atoms with van der Waals surface area (Å²) in [5.41, 5.74) is 1.19. The maximum Gasteiger partial charge on any atom is 0.524 e. The van der Waals surface area contributed by atoms with E-state index in [1.165, 1.54) is 0 Å². The number of nitrogens with zero attached hydrogens (tertiary/aromatic N) is 2. The van der Waals surface area contributed by atoms with Crippen LogP contribution < -0.4 is 9.63 Å². The van der Waals surface area contributed by atoms with Crippen molar-refractivity contribution in [3.63, 3.8) is 0 Å². The molecule has 31 heavy (non-hydrogen) atoms. The smallest absolute Gasteiger partial charge is 0.524 e. The number of aryl methyl sites for hydroxylation is 1. The van der Waals surface area contributed by atoms with E-state index in [4.69, 9.17) is 19.5 Å². The quantitative estimate of drug-likeness (QED) is 0.346. The average Bonchev–Trinajstić information content (AvgIpc) is 2.96. The Labute approximate surface area is 184 Å². The second kappa shape index (κ2) is 14.9. The van der Waals surface area contributed by atoms with E-state index in [0.29, 0.717) is 12.4 Å². The highest BCUT2D eigenvalue weighted by atomic mass is 31.1. The van der Waals surface area contributed by atoms with Gasteiger partial charge in [-0.15, -0.1) is 0 Å². The molecule has 0 aliphatic carbocycles. The molecule has 1 aromatic heterocycles. The average molecular weight is 476 g/mol. The SMILES string of the molecule is CCCc1cc(OCc2cc(F)ccc2F)n(CC(C)(C)C)n1.O.O.O=[P+]([O-])OOO.[HH].[HH].[HH]. The third kappa shape index (κ3) is 12.4. The molecule has 0 bridgehead atoms. The second-order valence-corrected chi connectivity index (χ2v) is 7.94. The molecule has 13 heteroatoms. The molecular weight excluding hydrogens is 441 g/mol. The van der Waals surface area contributed by atoms with Crippen molar-refractivity contribution in [3.8, 4) is 5.88 Å². The lowest BCUT2D eigenvalue weighted by Gasteiger charge is -2.19. The zero-order valence-corrected chi connectivity index (χ0v) is 18.6. The van der Waals surface area contributed by atoms with Gasteiger partial charge in [-0.05, 0) is 39.6 Å². The molecule has 2 aromatic rings. The Hall–Kier alpha value is -2.05. The van der Waals surface area contributed by atoms with Gasteiger partial charge in [0.2, 0.25) is 5.88 Å². The van der Waals surface area contributed by atoms with Crippen molar-refractivity contribution >= 4 is 8.25 Å². The van der Waals surface area contributed by atoms with Crippen LogP contribution in [0.15, 0.2) is 24.3 Å². The summed E-state index contributed by atoms with van der Waals surface area (Å²) in [5, 5.41) is 14.4. The number of ether oxygens (including phenoxy) is 1. The second-order valence-electron chi connectivity index (χ2n) is 7.34. The van der Waals surface area contributed by atoms with Gasteiger partial charge in [0.25, 0.3) is 0 Å². The van der Waals surface area contributed by atoms with Crippen LogP contribution in [0, 0.1) is 17.0 Å². The van der Waals surface area contributed by atoms with Gasteiger partial charge in [-0.3, -0.25) is 0 Å². The molecule has 0 aliphatic rings. The number of benzene rings is 1. The molecule has 1 unspecified atom stereocenters. The third-order valence-corrected chi connectivity index (χ3v) is 3.59. The van der Waals surface area contributed by atoms with Gasteiger partial charge in [0, 0.05) is 22.5 Å². The fourth-order valence-electron chi connectivity index (χ4n) is 2.34. The maximum absolute atomic E-state index is 13.7. The lowest BCUT2D eigenvalue weighted by atomic mass is 9.97. The molecule has 0 radical (unpaired) electrons. The molecular formula is C18H35F2N2O8P. The normalized spacial score (nSPS) is 10.9. The first-order valence-electron chi connectivity index (χ1n) is 8.81. The molecule has 1 atom stereocenters. The fraction of sp³-hybridized carbons (Fsp3) is 0.500. The maximum atomic E-state index is 13.7. The molecule has 10 nitrogen and oxygen atoms in total. The highest BCUT2D eigenvalue weighted by molar-refractivity contribution is 7.30. The van der Waals surface area contributed by atoms with E-state index in [0.717, 1.165) is 36.7 Å². The van der Waals surface area contributed by atoms with Crippen LogP contribution >= 0.6 is 8.25 Å². The van der Waals surface area contributed by atoms with Crippen molar-refractivity contribution in [2.75, 3.05) is 0 Å². The number of rotatable bonds is 8. The van der Waals surface area contributed by atoms with Crippen LogP contribution in [-0.4, -0.2) is 26.0 Å². The van der Waals surface area contributed by atoms with Crippen LogP contribution in [-0.2, 0) is 33.9 Å². The van der Waals surface area contributed by atoms with Gasteiger partial charge in [-0.1, -0.05) is 34.1 Å². The standard InChI is InChI=1S/C18H24F2N2O.HO5P.2H2O.3H2/c1-5-6-15-10-17(22(21-15)12-18(2,3)4)23-11-13-9-14(19)7-8-16(13)20;1-4-5-6(2)3;;;;;/h7-10H,5-6,11-12H2,1-4H3;1H;2*1H2;3*1H. The molecule has 0 spiro atoms. The molecule has 1 aromatic carbocycles. The highest BCUT2D eigenvalue weighted by Gasteiger charge is 2.17. The van der Waals surface area contributed by atoms with Gasteiger partial charge in [0.1, 0.15) is 18.2 Å². The van der Waals surface area contributed by atoms with Crippen molar-refractivity contribution in [1.29, 1.82) is 0 Å². The van der Waals surface area contributed by atoms with E-state index in [1.54, 1.807) is 0 Å². The van der Waals surface area contributed by atoms with Crippen molar-refractivity contribution < 1.29 is 53.2 Å². The Balaban J connectivity index is -0.000000228. The van der Waals surface area contributed by atoms with Gasteiger partial charge in [-0.25, -0.2) is 18.7 Å². The summed E-state index contributed by atoms with van der Waals surface area (Å²) in [6.07, 6.45) is 1.85. The Bertz CT molecular complexity index is 814. The van der Waals surface area contributed by atoms with Gasteiger partial charge >= 0.3 is 8.25 Å². The first kappa shape index (κ1) is 31.1. The van der Waals surface area contributed by atoms with Crippen LogP contribution in [0.25, 0.3) is 0 Å². The third-order valence-electron chi connectivity index (χ3n) is 3.40. The van der Waals surface area contributed by atoms with Gasteiger partial charge in [0.05, 0.1) is 10.4 Å². The van der Waals surface area contributed by atoms with E-state index >= 15 is 0 Å². The first-order valence-corrected chi connectivity index (χ1v) is 9.91. The topological polar surface area (TPSA) is 169 Å². The Kier molecular flexibility index (Phi) is 14.9. The molecule has 0 aliphatic heterocycles. The molecule has 184 valence electrons. The van der Waals surface area contributed by atoms with Crippen molar-refractivity contribution in [1.82, 2.24) is 9.78 Å². The first-order chi connectivity index (χ1) is 13.6. The summed E-state index contributed by atoms with van der Waals surface area (Å²) in [6.45, 7) is 9.10. The van der Waals surface area contributed by atoms with Crippen molar-refractivity contribution in [3.05, 3.63) is 47.2 Å². The van der Waals surface area contributed by atoms with E-state index in [9.17, 15) is 8.78 Å². The van der Waals surface area contributed by atoms with Crippen LogP contribution in [0.4, 0.5) is 8.78 Å². The summed E-state index contributed by atoms with van der Waals surface area (Å²) in [5.74, 6) is -0.353. The Morgan fingerprint density at radius 3 is 2.39 bits per heavy atom. The predicted octanol–water partition coefficient (Wildman–Crippen LogP) is 3.25. The molecule has 1 heterocycles. The summed E-state index contributed by atoms with van der Waals surface area (Å²) in [6, 6.07) is 5.25. The molecule has 0 saturated carbocycles. The van der Waals surface area contributed by atoms with E-state index in [2.05, 4.69) is 42.5 Å². The lowest BCUT2D eigenvalue weighted by molar-refractivity contribution is -0.452. The number of hydrogen-bond acceptors (Lipinski definition) is 7. The van der Waals surface area contributed by atoms with Crippen molar-refractivity contribution in [2.24, 2.45) is 5.41 Å². The van der Waals surface area contributed by atoms with Crippen LogP contribution in [0.1, 0.15) is 49.7 Å². The predicted molar refractivity (Wildman–Crippen MR) is 112 cm³/mol. The largest absolute Gasteiger partial charge is 0.564 e. The fourth-order valence-corrected chi connectivity index (χ4v) is 2.39. The Morgan fingerprint density at radius 1 is 1.26 bits per heavy atom. The zero-order valence-electron chi connectivity index (χ0n) is 17.7. The van der Waals surface area contributed by atoms with E-state index in [1.807, 2.05) is 10.7 Å². The summed E-state index contributed by atoms with van der Waals surface area (Å²) >= 11 is 0. The minimum Gasteiger partial charge on any atom is -0.564 e. The molecule has 0 fully saturated rings. The van der Waals surface area contributed by atoms with Crippen LogP contribution in [0.3, 0.4) is 0 Å². The summed E-state index contributed by atoms with van der Waals surface area (Å²) in [4.78, 5) is 9.13. The van der Waals surface area contributed by atoms with Crippen molar-refractivity contribution in [2.45, 2.75) is 53.7 Å². The Morgan fingerprint density at radius 2 is 1.90 bits per heavy atom. The minimum atomic E-state index is -3.07. The lowest BCUT2D eigenvalue weighted by Crippen LogP contribution is -2.18. The molecule has 2 rings (SSSR count).